The van der Waals surface area contributed by atoms with Crippen LogP contribution in [0.3, 0.4) is 0 Å². The molecule has 1 atom stereocenters. The maximum absolute atomic E-state index is 12.3. The van der Waals surface area contributed by atoms with Crippen molar-refractivity contribution in [2.45, 2.75) is 38.8 Å². The monoisotopic (exact) mass is 300 g/mol. The van der Waals surface area contributed by atoms with E-state index >= 15 is 0 Å². The molecule has 1 amide bonds. The Morgan fingerprint density at radius 1 is 1.45 bits per heavy atom. The summed E-state index contributed by atoms with van der Waals surface area (Å²) in [6, 6.07) is 7.88. The quantitative estimate of drug-likeness (QED) is 0.936. The van der Waals surface area contributed by atoms with Gasteiger partial charge in [0.25, 0.3) is 0 Å². The molecule has 0 saturated heterocycles. The highest BCUT2D eigenvalue weighted by Gasteiger charge is 2.21. The number of hydrogen-bond acceptors (Lipinski definition) is 4. The molecule has 0 fully saturated rings. The molecule has 6 heteroatoms. The van der Waals surface area contributed by atoms with Gasteiger partial charge in [0.1, 0.15) is 5.75 Å². The van der Waals surface area contributed by atoms with E-state index in [1.807, 2.05) is 37.4 Å². The number of fused-ring (bicyclic) bond motifs is 1. The standard InChI is InChI=1S/C16H20N4O2/c1-2-20-11-12(18-19-20)10-16(21)17-14-7-5-9-22-15-8-4-3-6-13(14)15/h3-4,6,8,11,14H,2,5,7,9-10H2,1H3,(H,17,21). The van der Waals surface area contributed by atoms with E-state index in [0.717, 1.165) is 30.7 Å². The summed E-state index contributed by atoms with van der Waals surface area (Å²) in [4.78, 5) is 12.3. The minimum absolute atomic E-state index is 0.00702. The highest BCUT2D eigenvalue weighted by molar-refractivity contribution is 5.78. The van der Waals surface area contributed by atoms with Crippen molar-refractivity contribution in [1.82, 2.24) is 20.3 Å². The topological polar surface area (TPSA) is 69.0 Å². The number of nitrogens with zero attached hydrogens (tertiary/aromatic N) is 3. The number of benzene rings is 1. The van der Waals surface area contributed by atoms with E-state index in [2.05, 4.69) is 15.6 Å². The van der Waals surface area contributed by atoms with Gasteiger partial charge in [-0.3, -0.25) is 9.48 Å². The van der Waals surface area contributed by atoms with Crippen molar-refractivity contribution in [3.8, 4) is 5.75 Å². The van der Waals surface area contributed by atoms with E-state index in [1.165, 1.54) is 0 Å². The maximum atomic E-state index is 12.3. The van der Waals surface area contributed by atoms with Crippen molar-refractivity contribution < 1.29 is 9.53 Å². The van der Waals surface area contributed by atoms with Crippen LogP contribution in [0, 0.1) is 0 Å². The summed E-state index contributed by atoms with van der Waals surface area (Å²) < 4.78 is 7.44. The predicted molar refractivity (Wildman–Crippen MR) is 81.5 cm³/mol. The fraction of sp³-hybridized carbons (Fsp3) is 0.438. The van der Waals surface area contributed by atoms with E-state index in [4.69, 9.17) is 4.74 Å². The Kier molecular flexibility index (Phi) is 4.37. The zero-order valence-electron chi connectivity index (χ0n) is 12.7. The van der Waals surface area contributed by atoms with Crippen LogP contribution in [0.4, 0.5) is 0 Å². The largest absolute Gasteiger partial charge is 0.493 e. The number of nitrogens with one attached hydrogen (secondary N) is 1. The summed E-state index contributed by atoms with van der Waals surface area (Å²) in [7, 11) is 0. The number of para-hydroxylation sites is 1. The van der Waals surface area contributed by atoms with Crippen molar-refractivity contribution in [3.63, 3.8) is 0 Å². The molecule has 1 aromatic carbocycles. The lowest BCUT2D eigenvalue weighted by atomic mass is 10.0. The SMILES string of the molecule is CCn1cc(CC(=O)NC2CCCOc3ccccc32)nn1. The van der Waals surface area contributed by atoms with Crippen LogP contribution in [0.25, 0.3) is 0 Å². The third-order valence-corrected chi connectivity index (χ3v) is 3.78. The van der Waals surface area contributed by atoms with E-state index in [0.29, 0.717) is 12.3 Å². The maximum Gasteiger partial charge on any atom is 0.226 e. The number of rotatable bonds is 4. The molecular weight excluding hydrogens is 280 g/mol. The van der Waals surface area contributed by atoms with Crippen LogP contribution >= 0.6 is 0 Å². The molecular formula is C16H20N4O2. The van der Waals surface area contributed by atoms with Crippen LogP contribution in [0.5, 0.6) is 5.75 Å². The molecule has 1 aromatic heterocycles. The van der Waals surface area contributed by atoms with Gasteiger partial charge in [-0.2, -0.15) is 0 Å². The number of hydrogen-bond donors (Lipinski definition) is 1. The second-order valence-corrected chi connectivity index (χ2v) is 5.39. The first-order valence-corrected chi connectivity index (χ1v) is 7.66. The van der Waals surface area contributed by atoms with Crippen LogP contribution in [0.15, 0.2) is 30.5 Å². The number of amides is 1. The fourth-order valence-electron chi connectivity index (χ4n) is 2.66. The Morgan fingerprint density at radius 3 is 3.14 bits per heavy atom. The van der Waals surface area contributed by atoms with Gasteiger partial charge in [0, 0.05) is 18.3 Å². The summed E-state index contributed by atoms with van der Waals surface area (Å²) in [6.45, 7) is 3.43. The zero-order chi connectivity index (χ0) is 15.4. The molecule has 1 unspecified atom stereocenters. The Balaban J connectivity index is 1.68. The minimum Gasteiger partial charge on any atom is -0.493 e. The summed E-state index contributed by atoms with van der Waals surface area (Å²) >= 11 is 0. The average Bonchev–Trinajstić information content (AvgIpc) is 2.88. The first-order chi connectivity index (χ1) is 10.8. The highest BCUT2D eigenvalue weighted by Crippen LogP contribution is 2.31. The number of aromatic nitrogens is 3. The lowest BCUT2D eigenvalue weighted by Gasteiger charge is -2.18. The molecule has 22 heavy (non-hydrogen) atoms. The molecule has 1 aliphatic heterocycles. The summed E-state index contributed by atoms with van der Waals surface area (Å²) in [5.41, 5.74) is 1.74. The summed E-state index contributed by atoms with van der Waals surface area (Å²) in [5, 5.41) is 11.1. The Labute approximate surface area is 129 Å². The second-order valence-electron chi connectivity index (χ2n) is 5.39. The van der Waals surface area contributed by atoms with Crippen molar-refractivity contribution in [2.24, 2.45) is 0 Å². The van der Waals surface area contributed by atoms with Gasteiger partial charge in [-0.05, 0) is 25.8 Å². The van der Waals surface area contributed by atoms with Gasteiger partial charge >= 0.3 is 0 Å². The fourth-order valence-corrected chi connectivity index (χ4v) is 2.66. The van der Waals surface area contributed by atoms with E-state index < -0.39 is 0 Å². The van der Waals surface area contributed by atoms with Gasteiger partial charge in [0.05, 0.1) is 24.8 Å². The smallest absolute Gasteiger partial charge is 0.226 e. The molecule has 0 saturated carbocycles. The van der Waals surface area contributed by atoms with Crippen LogP contribution in [-0.2, 0) is 17.8 Å². The predicted octanol–water partition coefficient (Wildman–Crippen LogP) is 1.87. The number of carbonyl (C=O) groups is 1. The summed E-state index contributed by atoms with van der Waals surface area (Å²) in [5.74, 6) is 0.826. The molecule has 3 rings (SSSR count). The first-order valence-electron chi connectivity index (χ1n) is 7.66. The molecule has 2 heterocycles. The van der Waals surface area contributed by atoms with Crippen molar-refractivity contribution in [2.75, 3.05) is 6.61 Å². The lowest BCUT2D eigenvalue weighted by Crippen LogP contribution is -2.29. The minimum atomic E-state index is -0.0372. The first kappa shape index (κ1) is 14.6. The zero-order valence-corrected chi connectivity index (χ0v) is 12.7. The molecule has 0 radical (unpaired) electrons. The molecule has 0 spiro atoms. The molecule has 1 aliphatic rings. The number of ether oxygens (including phenoxy) is 1. The molecule has 2 aromatic rings. The van der Waals surface area contributed by atoms with E-state index in [1.54, 1.807) is 4.68 Å². The second kappa shape index (κ2) is 6.60. The van der Waals surface area contributed by atoms with Gasteiger partial charge in [-0.25, -0.2) is 0 Å². The average molecular weight is 300 g/mol. The van der Waals surface area contributed by atoms with Gasteiger partial charge in [-0.1, -0.05) is 23.4 Å². The molecule has 6 nitrogen and oxygen atoms in total. The number of aryl methyl sites for hydroxylation is 1. The molecule has 116 valence electrons. The van der Waals surface area contributed by atoms with E-state index in [-0.39, 0.29) is 18.4 Å². The van der Waals surface area contributed by atoms with E-state index in [9.17, 15) is 4.79 Å². The number of carbonyl (C=O) groups excluding carboxylic acids is 1. The Bertz CT molecular complexity index is 653. The normalized spacial score (nSPS) is 17.2. The van der Waals surface area contributed by atoms with Crippen LogP contribution in [0.2, 0.25) is 0 Å². The van der Waals surface area contributed by atoms with Gasteiger partial charge in [0.2, 0.25) is 5.91 Å². The summed E-state index contributed by atoms with van der Waals surface area (Å²) in [6.07, 6.45) is 3.86. The van der Waals surface area contributed by atoms with Crippen molar-refractivity contribution >= 4 is 5.91 Å². The van der Waals surface area contributed by atoms with Crippen LogP contribution < -0.4 is 10.1 Å². The Morgan fingerprint density at radius 2 is 2.32 bits per heavy atom. The third-order valence-electron chi connectivity index (χ3n) is 3.78. The molecule has 0 aliphatic carbocycles. The Hall–Kier alpha value is -2.37. The van der Waals surface area contributed by atoms with Crippen LogP contribution in [-0.4, -0.2) is 27.5 Å². The third kappa shape index (κ3) is 3.27. The lowest BCUT2D eigenvalue weighted by molar-refractivity contribution is -0.121. The van der Waals surface area contributed by atoms with Crippen molar-refractivity contribution in [3.05, 3.63) is 41.7 Å². The highest BCUT2D eigenvalue weighted by atomic mass is 16.5. The molecule has 1 N–H and O–H groups in total. The molecule has 0 bridgehead atoms. The van der Waals surface area contributed by atoms with Gasteiger partial charge in [0.15, 0.2) is 0 Å². The van der Waals surface area contributed by atoms with Gasteiger partial charge < -0.3 is 10.1 Å². The van der Waals surface area contributed by atoms with Gasteiger partial charge in [-0.15, -0.1) is 5.10 Å². The van der Waals surface area contributed by atoms with Crippen LogP contribution in [0.1, 0.15) is 37.1 Å². The van der Waals surface area contributed by atoms with Crippen molar-refractivity contribution in [1.29, 1.82) is 0 Å².